The summed E-state index contributed by atoms with van der Waals surface area (Å²) in [4.78, 5) is 17.3. The van der Waals surface area contributed by atoms with Gasteiger partial charge in [-0.1, -0.05) is 12.1 Å². The van der Waals surface area contributed by atoms with Crippen molar-refractivity contribution in [1.82, 2.24) is 14.3 Å². The lowest BCUT2D eigenvalue weighted by molar-refractivity contribution is -0.115. The van der Waals surface area contributed by atoms with E-state index in [1.165, 1.54) is 23.9 Å². The molecule has 0 aromatic heterocycles. The Hall–Kier alpha value is -1.90. The molecule has 8 heteroatoms. The first-order chi connectivity index (χ1) is 11.7. The molecule has 3 aliphatic rings. The number of fused-ring (bicyclic) bond motifs is 1. The fourth-order valence-electron chi connectivity index (χ4n) is 2.23. The van der Waals surface area contributed by atoms with E-state index >= 15 is 0 Å². The molecule has 1 aromatic carbocycles. The Labute approximate surface area is 156 Å². The molecule has 0 radical (unpaired) electrons. The summed E-state index contributed by atoms with van der Waals surface area (Å²) in [5.41, 5.74) is 2.81. The smallest absolute Gasteiger partial charge is 0.264 e. The first-order valence-corrected chi connectivity index (χ1v) is 9.43. The highest BCUT2D eigenvalue weighted by molar-refractivity contribution is 9.10. The highest BCUT2D eigenvalue weighted by Crippen LogP contribution is 2.32. The van der Waals surface area contributed by atoms with Crippen LogP contribution in [0.1, 0.15) is 0 Å². The molecule has 120 valence electrons. The number of halogens is 1. The van der Waals surface area contributed by atoms with Crippen LogP contribution in [-0.2, 0) is 4.79 Å². The molecule has 24 heavy (non-hydrogen) atoms. The molecule has 0 bridgehead atoms. The van der Waals surface area contributed by atoms with E-state index in [1.807, 2.05) is 59.2 Å². The second kappa shape index (κ2) is 6.54. The maximum Gasteiger partial charge on any atom is 0.264 e. The molecule has 3 aliphatic heterocycles. The summed E-state index contributed by atoms with van der Waals surface area (Å²) < 4.78 is 5.99. The molecule has 5 nitrogen and oxygen atoms in total. The van der Waals surface area contributed by atoms with Gasteiger partial charge >= 0.3 is 0 Å². The zero-order valence-corrected chi connectivity index (χ0v) is 15.4. The molecule has 0 atom stereocenters. The molecule has 1 fully saturated rings. The average molecular weight is 419 g/mol. The number of carbonyl (C=O) groups excluding carboxylic acids is 1. The third kappa shape index (κ3) is 3.17. The van der Waals surface area contributed by atoms with Crippen LogP contribution in [0.2, 0.25) is 0 Å². The fraction of sp³-hybridized carbons (Fsp3) is 0. The number of thioether (sulfide) groups is 1. The van der Waals surface area contributed by atoms with Crippen molar-refractivity contribution in [2.45, 2.75) is 0 Å². The van der Waals surface area contributed by atoms with Crippen molar-refractivity contribution >= 4 is 56.6 Å². The summed E-state index contributed by atoms with van der Waals surface area (Å²) >= 11 is 6.31. The Bertz CT molecular complexity index is 873. The summed E-state index contributed by atoms with van der Waals surface area (Å²) in [7, 11) is 0. The third-order valence-corrected chi connectivity index (χ3v) is 5.69. The summed E-state index contributed by atoms with van der Waals surface area (Å²) in [6.45, 7) is 0. The van der Waals surface area contributed by atoms with Crippen molar-refractivity contribution in [2.75, 3.05) is 0 Å². The van der Waals surface area contributed by atoms with E-state index < -0.39 is 0 Å². The molecule has 1 aromatic rings. The van der Waals surface area contributed by atoms with Crippen molar-refractivity contribution < 1.29 is 4.79 Å². The molecule has 1 amide bonds. The van der Waals surface area contributed by atoms with Gasteiger partial charge in [-0.2, -0.15) is 0 Å². The minimum Gasteiger partial charge on any atom is -0.316 e. The predicted molar refractivity (Wildman–Crippen MR) is 103 cm³/mol. The second-order valence-corrected chi connectivity index (χ2v) is 7.69. The summed E-state index contributed by atoms with van der Waals surface area (Å²) in [6.07, 6.45) is 9.77. The monoisotopic (exact) mass is 418 g/mol. The average Bonchev–Trinajstić information content (AvgIpc) is 3.16. The van der Waals surface area contributed by atoms with Gasteiger partial charge in [-0.15, -0.1) is 0 Å². The number of amides is 1. The molecular formula is C16H11BrN4OS2. The second-order valence-electron chi connectivity index (χ2n) is 5.00. The number of para-hydroxylation sites is 1. The van der Waals surface area contributed by atoms with Crippen LogP contribution in [0.3, 0.4) is 0 Å². The van der Waals surface area contributed by atoms with Gasteiger partial charge in [0.05, 0.1) is 28.4 Å². The molecule has 0 unspecified atom stereocenters. The van der Waals surface area contributed by atoms with E-state index in [9.17, 15) is 4.79 Å². The van der Waals surface area contributed by atoms with Gasteiger partial charge in [0.25, 0.3) is 5.91 Å². The Balaban J connectivity index is 1.57. The Morgan fingerprint density at radius 2 is 2.17 bits per heavy atom. The van der Waals surface area contributed by atoms with Crippen molar-refractivity contribution in [3.63, 3.8) is 0 Å². The largest absolute Gasteiger partial charge is 0.316 e. The van der Waals surface area contributed by atoms with E-state index in [1.54, 1.807) is 0 Å². The van der Waals surface area contributed by atoms with E-state index in [4.69, 9.17) is 0 Å². The molecule has 1 saturated heterocycles. The zero-order chi connectivity index (χ0) is 16.5. The van der Waals surface area contributed by atoms with Gasteiger partial charge in [0.2, 0.25) is 0 Å². The van der Waals surface area contributed by atoms with E-state index in [0.717, 1.165) is 21.4 Å². The van der Waals surface area contributed by atoms with Crippen LogP contribution in [0.15, 0.2) is 80.5 Å². The number of allylic oxidation sites excluding steroid dienone is 4. The number of hydrogen-bond donors (Lipinski definition) is 2. The first-order valence-electron chi connectivity index (χ1n) is 7.05. The molecule has 4 rings (SSSR count). The van der Waals surface area contributed by atoms with Gasteiger partial charge in [-0.05, 0) is 63.6 Å². The number of hydrogen-bond acceptors (Lipinski definition) is 6. The Kier molecular flexibility index (Phi) is 4.26. The maximum atomic E-state index is 12.2. The third-order valence-electron chi connectivity index (χ3n) is 3.35. The minimum absolute atomic E-state index is 0.129. The van der Waals surface area contributed by atoms with Crippen LogP contribution < -0.4 is 10.0 Å². The highest BCUT2D eigenvalue weighted by Gasteiger charge is 2.25. The summed E-state index contributed by atoms with van der Waals surface area (Å²) in [5.74, 6) is -0.129. The standard InChI is InChI=1S/C16H11BrN4OS2/c17-12-3-1-2-4-13(12)19-16-20-15(22)14(23-16)8-10-5-6-21-11(7-10)9-18-24-21/h1-9,18H,(H,19,20,22). The summed E-state index contributed by atoms with van der Waals surface area (Å²) in [5, 5.41) is 3.39. The molecule has 0 saturated carbocycles. The van der Waals surface area contributed by atoms with Crippen molar-refractivity contribution in [3.05, 3.63) is 75.5 Å². The van der Waals surface area contributed by atoms with Crippen LogP contribution in [0.5, 0.6) is 0 Å². The number of aliphatic imine (C=N–C) groups is 1. The lowest BCUT2D eigenvalue weighted by atomic mass is 10.1. The van der Waals surface area contributed by atoms with Crippen molar-refractivity contribution in [2.24, 2.45) is 4.99 Å². The topological polar surface area (TPSA) is 56.7 Å². The Morgan fingerprint density at radius 3 is 3.04 bits per heavy atom. The SMILES string of the molecule is O=C1NC(=Nc2ccccc2Br)SC1=CC1=CC2=CNSN2C=C1. The molecule has 2 N–H and O–H groups in total. The maximum absolute atomic E-state index is 12.2. The van der Waals surface area contributed by atoms with Crippen molar-refractivity contribution in [3.8, 4) is 0 Å². The van der Waals surface area contributed by atoms with Crippen LogP contribution >= 0.6 is 39.8 Å². The summed E-state index contributed by atoms with van der Waals surface area (Å²) in [6, 6.07) is 7.65. The molecule has 0 aliphatic carbocycles. The zero-order valence-electron chi connectivity index (χ0n) is 12.2. The highest BCUT2D eigenvalue weighted by atomic mass is 79.9. The molecular weight excluding hydrogens is 408 g/mol. The van der Waals surface area contributed by atoms with Gasteiger partial charge in [-0.25, -0.2) is 4.99 Å². The van der Waals surface area contributed by atoms with E-state index in [2.05, 4.69) is 31.0 Å². The normalized spacial score (nSPS) is 22.4. The van der Waals surface area contributed by atoms with E-state index in [0.29, 0.717) is 10.1 Å². The number of benzene rings is 1. The number of nitrogens with one attached hydrogen (secondary N) is 2. The van der Waals surface area contributed by atoms with Crippen LogP contribution in [0.25, 0.3) is 0 Å². The fourth-order valence-corrected chi connectivity index (χ4v) is 4.06. The van der Waals surface area contributed by atoms with Gasteiger partial charge in [0.15, 0.2) is 5.17 Å². The van der Waals surface area contributed by atoms with Crippen molar-refractivity contribution in [1.29, 1.82) is 0 Å². The number of nitrogens with zero attached hydrogens (tertiary/aromatic N) is 2. The number of amidine groups is 1. The lowest BCUT2D eigenvalue weighted by Crippen LogP contribution is -2.19. The molecule has 3 heterocycles. The Morgan fingerprint density at radius 1 is 1.29 bits per heavy atom. The predicted octanol–water partition coefficient (Wildman–Crippen LogP) is 3.95. The van der Waals surface area contributed by atoms with E-state index in [-0.39, 0.29) is 5.91 Å². The minimum atomic E-state index is -0.129. The van der Waals surface area contributed by atoms with Gasteiger partial charge in [0, 0.05) is 16.9 Å². The molecule has 0 spiro atoms. The lowest BCUT2D eigenvalue weighted by Gasteiger charge is -2.15. The van der Waals surface area contributed by atoms with Crippen LogP contribution in [0, 0.1) is 0 Å². The van der Waals surface area contributed by atoms with Crippen LogP contribution in [-0.4, -0.2) is 15.4 Å². The number of rotatable bonds is 2. The quantitative estimate of drug-likeness (QED) is 0.562. The number of carbonyl (C=O) groups is 1. The first kappa shape index (κ1) is 15.6. The van der Waals surface area contributed by atoms with Crippen LogP contribution in [0.4, 0.5) is 5.69 Å². The van der Waals surface area contributed by atoms with Gasteiger partial charge in [0.1, 0.15) is 0 Å². The van der Waals surface area contributed by atoms with Gasteiger partial charge < -0.3 is 10.0 Å². The van der Waals surface area contributed by atoms with Gasteiger partial charge in [-0.3, -0.25) is 9.10 Å².